The Bertz CT molecular complexity index is 372. The minimum Gasteiger partial charge on any atom is -0.395 e. The molecule has 2 N–H and O–H groups in total. The summed E-state index contributed by atoms with van der Waals surface area (Å²) in [6.45, 7) is 2.64. The molecule has 1 aromatic heterocycles. The minimum atomic E-state index is -0.0480. The molecule has 0 spiro atoms. The van der Waals surface area contributed by atoms with Crippen LogP contribution in [0.4, 0.5) is 5.13 Å². The Kier molecular flexibility index (Phi) is 5.06. The van der Waals surface area contributed by atoms with Gasteiger partial charge in [0.2, 0.25) is 5.91 Å². The van der Waals surface area contributed by atoms with Gasteiger partial charge in [0.1, 0.15) is 0 Å². The van der Waals surface area contributed by atoms with E-state index in [1.165, 1.54) is 11.3 Å². The number of aromatic nitrogens is 1. The molecule has 1 fully saturated rings. The first-order chi connectivity index (χ1) is 8.79. The fourth-order valence-electron chi connectivity index (χ4n) is 1.86. The van der Waals surface area contributed by atoms with Crippen LogP contribution in [0.3, 0.4) is 0 Å². The smallest absolute Gasteiger partial charge is 0.227 e. The average Bonchev–Trinajstić information content (AvgIpc) is 2.89. The van der Waals surface area contributed by atoms with E-state index in [0.29, 0.717) is 31.3 Å². The maximum absolute atomic E-state index is 11.7. The van der Waals surface area contributed by atoms with Crippen molar-refractivity contribution in [1.29, 1.82) is 0 Å². The van der Waals surface area contributed by atoms with Crippen LogP contribution in [-0.2, 0) is 9.53 Å². The molecule has 0 saturated carbocycles. The zero-order valence-corrected chi connectivity index (χ0v) is 10.9. The van der Waals surface area contributed by atoms with Crippen LogP contribution in [0.15, 0.2) is 11.6 Å². The van der Waals surface area contributed by atoms with Crippen LogP contribution in [0.2, 0.25) is 0 Å². The molecule has 1 aliphatic heterocycles. The molecule has 18 heavy (non-hydrogen) atoms. The summed E-state index contributed by atoms with van der Waals surface area (Å²) in [6.07, 6.45) is 2.06. The van der Waals surface area contributed by atoms with Crippen molar-refractivity contribution in [3.63, 3.8) is 0 Å². The van der Waals surface area contributed by atoms with E-state index in [1.54, 1.807) is 6.20 Å². The molecule has 6 nitrogen and oxygen atoms in total. The summed E-state index contributed by atoms with van der Waals surface area (Å²) in [5.74, 6) is -0.0480. The van der Waals surface area contributed by atoms with Crippen molar-refractivity contribution >= 4 is 22.4 Å². The van der Waals surface area contributed by atoms with Gasteiger partial charge in [-0.15, -0.1) is 11.3 Å². The summed E-state index contributed by atoms with van der Waals surface area (Å²) in [5.41, 5.74) is 0. The lowest BCUT2D eigenvalue weighted by Gasteiger charge is -2.34. The van der Waals surface area contributed by atoms with Gasteiger partial charge < -0.3 is 15.2 Å². The molecule has 1 amide bonds. The third kappa shape index (κ3) is 3.74. The highest BCUT2D eigenvalue weighted by atomic mass is 32.1. The zero-order valence-electron chi connectivity index (χ0n) is 10.0. The average molecular weight is 271 g/mol. The number of thiazole rings is 1. The Morgan fingerprint density at radius 2 is 2.61 bits per heavy atom. The number of aliphatic hydroxyl groups is 1. The lowest BCUT2D eigenvalue weighted by molar-refractivity contribution is -0.117. The molecule has 1 atom stereocenters. The molecule has 0 aromatic carbocycles. The van der Waals surface area contributed by atoms with E-state index < -0.39 is 0 Å². The Balaban J connectivity index is 1.74. The summed E-state index contributed by atoms with van der Waals surface area (Å²) in [4.78, 5) is 17.8. The third-order valence-electron chi connectivity index (χ3n) is 2.86. The molecular weight excluding hydrogens is 254 g/mol. The molecule has 7 heteroatoms. The number of amides is 1. The molecular formula is C11H17N3O3S. The van der Waals surface area contributed by atoms with Gasteiger partial charge in [-0.25, -0.2) is 4.98 Å². The second-order valence-electron chi connectivity index (χ2n) is 4.08. The summed E-state index contributed by atoms with van der Waals surface area (Å²) in [7, 11) is 0. The lowest BCUT2D eigenvalue weighted by Crippen LogP contribution is -2.48. The highest BCUT2D eigenvalue weighted by Gasteiger charge is 2.22. The summed E-state index contributed by atoms with van der Waals surface area (Å²) in [6, 6.07) is 0.00594. The number of hydrogen-bond donors (Lipinski definition) is 2. The van der Waals surface area contributed by atoms with Crippen molar-refractivity contribution in [3.8, 4) is 0 Å². The fourth-order valence-corrected chi connectivity index (χ4v) is 2.41. The largest absolute Gasteiger partial charge is 0.395 e. The molecule has 0 bridgehead atoms. The first-order valence-electron chi connectivity index (χ1n) is 5.91. The SMILES string of the molecule is O=C(CCN1CCOC[C@H]1CO)Nc1nccs1. The van der Waals surface area contributed by atoms with E-state index in [0.717, 1.165) is 6.54 Å². The van der Waals surface area contributed by atoms with Crippen molar-refractivity contribution < 1.29 is 14.6 Å². The summed E-state index contributed by atoms with van der Waals surface area (Å²) in [5, 5.41) is 14.4. The number of carbonyl (C=O) groups is 1. The molecule has 1 aliphatic rings. The number of hydrogen-bond acceptors (Lipinski definition) is 6. The summed E-state index contributed by atoms with van der Waals surface area (Å²) < 4.78 is 5.28. The number of morpholine rings is 1. The van der Waals surface area contributed by atoms with Crippen LogP contribution >= 0.6 is 11.3 Å². The first-order valence-corrected chi connectivity index (χ1v) is 6.79. The quantitative estimate of drug-likeness (QED) is 0.798. The van der Waals surface area contributed by atoms with Gasteiger partial charge in [-0.3, -0.25) is 9.69 Å². The fraction of sp³-hybridized carbons (Fsp3) is 0.636. The number of carbonyl (C=O) groups excluding carboxylic acids is 1. The van der Waals surface area contributed by atoms with Gasteiger partial charge in [-0.1, -0.05) is 0 Å². The van der Waals surface area contributed by atoms with Crippen molar-refractivity contribution in [2.75, 3.05) is 38.2 Å². The third-order valence-corrected chi connectivity index (χ3v) is 3.55. The Morgan fingerprint density at radius 3 is 3.33 bits per heavy atom. The van der Waals surface area contributed by atoms with E-state index in [4.69, 9.17) is 4.74 Å². The van der Waals surface area contributed by atoms with Gasteiger partial charge in [0, 0.05) is 31.1 Å². The normalized spacial score (nSPS) is 20.8. The van der Waals surface area contributed by atoms with Gasteiger partial charge in [-0.2, -0.15) is 0 Å². The number of anilines is 1. The number of nitrogens with one attached hydrogen (secondary N) is 1. The standard InChI is InChI=1S/C11H17N3O3S/c15-7-9-8-17-5-4-14(9)3-1-10(16)13-11-12-2-6-18-11/h2,6,9,15H,1,3-5,7-8H2,(H,12,13,16)/t9-/m1/s1. The highest BCUT2D eigenvalue weighted by Crippen LogP contribution is 2.11. The predicted molar refractivity (Wildman–Crippen MR) is 68.6 cm³/mol. The monoisotopic (exact) mass is 271 g/mol. The maximum atomic E-state index is 11.7. The van der Waals surface area contributed by atoms with Gasteiger partial charge in [0.05, 0.1) is 25.9 Å². The molecule has 1 saturated heterocycles. The second-order valence-corrected chi connectivity index (χ2v) is 4.98. The second kappa shape index (κ2) is 6.79. The van der Waals surface area contributed by atoms with E-state index in [2.05, 4.69) is 15.2 Å². The van der Waals surface area contributed by atoms with Gasteiger partial charge >= 0.3 is 0 Å². The maximum Gasteiger partial charge on any atom is 0.227 e. The van der Waals surface area contributed by atoms with E-state index in [9.17, 15) is 9.90 Å². The van der Waals surface area contributed by atoms with Crippen LogP contribution in [0.1, 0.15) is 6.42 Å². The van der Waals surface area contributed by atoms with Crippen molar-refractivity contribution in [2.45, 2.75) is 12.5 Å². The number of nitrogens with zero attached hydrogens (tertiary/aromatic N) is 2. The molecule has 0 aliphatic carbocycles. The van der Waals surface area contributed by atoms with E-state index in [-0.39, 0.29) is 18.6 Å². The van der Waals surface area contributed by atoms with Crippen LogP contribution in [0.5, 0.6) is 0 Å². The van der Waals surface area contributed by atoms with Gasteiger partial charge in [-0.05, 0) is 0 Å². The topological polar surface area (TPSA) is 74.7 Å². The molecule has 100 valence electrons. The highest BCUT2D eigenvalue weighted by molar-refractivity contribution is 7.13. The number of aliphatic hydroxyl groups excluding tert-OH is 1. The molecule has 0 unspecified atom stereocenters. The number of rotatable bonds is 5. The van der Waals surface area contributed by atoms with Crippen molar-refractivity contribution in [2.24, 2.45) is 0 Å². The van der Waals surface area contributed by atoms with E-state index >= 15 is 0 Å². The molecule has 1 aromatic rings. The molecule has 2 rings (SSSR count). The Hall–Kier alpha value is -1.02. The van der Waals surface area contributed by atoms with Crippen LogP contribution in [0, 0.1) is 0 Å². The van der Waals surface area contributed by atoms with Crippen molar-refractivity contribution in [1.82, 2.24) is 9.88 Å². The van der Waals surface area contributed by atoms with Crippen molar-refractivity contribution in [3.05, 3.63) is 11.6 Å². The first kappa shape index (κ1) is 13.4. The van der Waals surface area contributed by atoms with Gasteiger partial charge in [0.15, 0.2) is 5.13 Å². The lowest BCUT2D eigenvalue weighted by atomic mass is 10.2. The van der Waals surface area contributed by atoms with Crippen LogP contribution < -0.4 is 5.32 Å². The van der Waals surface area contributed by atoms with Gasteiger partial charge in [0.25, 0.3) is 0 Å². The Morgan fingerprint density at radius 1 is 1.72 bits per heavy atom. The molecule has 0 radical (unpaired) electrons. The van der Waals surface area contributed by atoms with Crippen LogP contribution in [0.25, 0.3) is 0 Å². The summed E-state index contributed by atoms with van der Waals surface area (Å²) >= 11 is 1.40. The van der Waals surface area contributed by atoms with Crippen LogP contribution in [-0.4, -0.2) is 59.8 Å². The number of ether oxygens (including phenoxy) is 1. The van der Waals surface area contributed by atoms with E-state index in [1.807, 2.05) is 5.38 Å². The molecule has 2 heterocycles. The minimum absolute atomic E-state index is 0.00594. The Labute approximate surface area is 110 Å². The predicted octanol–water partition coefficient (Wildman–Crippen LogP) is 0.165. The zero-order chi connectivity index (χ0) is 12.8.